The van der Waals surface area contributed by atoms with Gasteiger partial charge in [0.15, 0.2) is 0 Å². The maximum atomic E-state index is 11.6. The zero-order chi connectivity index (χ0) is 13.8. The van der Waals surface area contributed by atoms with Crippen LogP contribution >= 0.6 is 0 Å². The molecule has 1 amide bonds. The lowest BCUT2D eigenvalue weighted by Gasteiger charge is -2.21. The van der Waals surface area contributed by atoms with Crippen LogP contribution in [0.1, 0.15) is 6.92 Å². The van der Waals surface area contributed by atoms with Crippen LogP contribution in [0, 0.1) is 0 Å². The Kier molecular flexibility index (Phi) is 3.85. The number of anilines is 2. The highest BCUT2D eigenvalue weighted by Gasteiger charge is 2.11. The zero-order valence-corrected chi connectivity index (χ0v) is 11.2. The van der Waals surface area contributed by atoms with Crippen molar-refractivity contribution in [1.82, 2.24) is 10.3 Å². The summed E-state index contributed by atoms with van der Waals surface area (Å²) in [6.45, 7) is 2.81. The van der Waals surface area contributed by atoms with E-state index in [0.29, 0.717) is 12.2 Å². The molecule has 3 N–H and O–H groups in total. The molecular formula is C14H18N4O. The van der Waals surface area contributed by atoms with Crippen molar-refractivity contribution in [2.75, 3.05) is 30.8 Å². The van der Waals surface area contributed by atoms with Crippen molar-refractivity contribution in [2.24, 2.45) is 0 Å². The monoisotopic (exact) mass is 258 g/mol. The lowest BCUT2D eigenvalue weighted by molar-refractivity contribution is -0.119. The van der Waals surface area contributed by atoms with Crippen LogP contribution in [0.2, 0.25) is 0 Å². The molecule has 0 aliphatic carbocycles. The van der Waals surface area contributed by atoms with Crippen LogP contribution in [0.4, 0.5) is 11.4 Å². The molecule has 0 fully saturated rings. The molecule has 1 aromatic heterocycles. The minimum absolute atomic E-state index is 0.0146. The molecule has 19 heavy (non-hydrogen) atoms. The highest BCUT2D eigenvalue weighted by atomic mass is 16.2. The van der Waals surface area contributed by atoms with E-state index in [1.165, 1.54) is 0 Å². The first-order chi connectivity index (χ1) is 9.13. The number of nitrogen functional groups attached to an aromatic ring is 1. The van der Waals surface area contributed by atoms with Gasteiger partial charge in [-0.2, -0.15) is 0 Å². The number of hydrogen-bond donors (Lipinski definition) is 2. The second kappa shape index (κ2) is 5.56. The Bertz CT molecular complexity index is 597. The minimum Gasteiger partial charge on any atom is -0.397 e. The van der Waals surface area contributed by atoms with Gasteiger partial charge in [0.2, 0.25) is 5.91 Å². The second-order valence-electron chi connectivity index (χ2n) is 4.40. The third-order valence-electron chi connectivity index (χ3n) is 3.00. The predicted molar refractivity (Wildman–Crippen MR) is 78.1 cm³/mol. The molecule has 2 aromatic rings. The summed E-state index contributed by atoms with van der Waals surface area (Å²) in [6, 6.07) is 5.76. The molecule has 2 rings (SSSR count). The van der Waals surface area contributed by atoms with E-state index in [4.69, 9.17) is 5.73 Å². The Labute approximate surface area is 112 Å². The lowest BCUT2D eigenvalue weighted by atomic mass is 10.1. The van der Waals surface area contributed by atoms with Gasteiger partial charge in [0.25, 0.3) is 0 Å². The summed E-state index contributed by atoms with van der Waals surface area (Å²) in [7, 11) is 1.86. The predicted octanol–water partition coefficient (Wildman–Crippen LogP) is 1.39. The molecule has 0 unspecified atom stereocenters. The number of hydrogen-bond acceptors (Lipinski definition) is 4. The molecule has 0 saturated carbocycles. The van der Waals surface area contributed by atoms with Crippen LogP contribution in [-0.4, -0.2) is 31.0 Å². The van der Waals surface area contributed by atoms with Gasteiger partial charge in [-0.05, 0) is 19.1 Å². The highest BCUT2D eigenvalue weighted by molar-refractivity contribution is 5.99. The zero-order valence-electron chi connectivity index (χ0n) is 11.2. The third kappa shape index (κ3) is 2.76. The van der Waals surface area contributed by atoms with Gasteiger partial charge in [0.1, 0.15) is 0 Å². The van der Waals surface area contributed by atoms with Gasteiger partial charge < -0.3 is 16.0 Å². The molecular weight excluding hydrogens is 240 g/mol. The SMILES string of the molecule is CCNC(=O)CN(C)c1ccc2cnccc2c1N. The van der Waals surface area contributed by atoms with Crippen molar-refractivity contribution in [3.8, 4) is 0 Å². The van der Waals surface area contributed by atoms with Crippen LogP contribution in [0.3, 0.4) is 0 Å². The fourth-order valence-corrected chi connectivity index (χ4v) is 2.07. The summed E-state index contributed by atoms with van der Waals surface area (Å²) >= 11 is 0. The van der Waals surface area contributed by atoms with E-state index in [1.807, 2.05) is 37.1 Å². The number of carbonyl (C=O) groups is 1. The second-order valence-corrected chi connectivity index (χ2v) is 4.40. The van der Waals surface area contributed by atoms with Gasteiger partial charge in [0, 0.05) is 36.8 Å². The Hall–Kier alpha value is -2.30. The largest absolute Gasteiger partial charge is 0.397 e. The van der Waals surface area contributed by atoms with E-state index in [0.717, 1.165) is 16.5 Å². The molecule has 5 heteroatoms. The van der Waals surface area contributed by atoms with Crippen LogP contribution in [0.25, 0.3) is 10.8 Å². The van der Waals surface area contributed by atoms with E-state index >= 15 is 0 Å². The van der Waals surface area contributed by atoms with Crippen molar-refractivity contribution in [3.63, 3.8) is 0 Å². The molecule has 0 radical (unpaired) electrons. The van der Waals surface area contributed by atoms with Crippen LogP contribution in [-0.2, 0) is 4.79 Å². The highest BCUT2D eigenvalue weighted by Crippen LogP contribution is 2.30. The number of likely N-dealkylation sites (N-methyl/N-ethyl adjacent to an activating group) is 2. The van der Waals surface area contributed by atoms with Crippen molar-refractivity contribution < 1.29 is 4.79 Å². The first kappa shape index (κ1) is 13.1. The van der Waals surface area contributed by atoms with E-state index in [2.05, 4.69) is 10.3 Å². The Balaban J connectivity index is 2.29. The average molecular weight is 258 g/mol. The summed E-state index contributed by atoms with van der Waals surface area (Å²) in [5, 5.41) is 4.72. The standard InChI is InChI=1S/C14H18N4O/c1-3-17-13(19)9-18(2)12-5-4-10-8-16-7-6-11(10)14(12)15/h4-8H,3,9,15H2,1-2H3,(H,17,19). The number of aromatic nitrogens is 1. The van der Waals surface area contributed by atoms with Gasteiger partial charge in [0.05, 0.1) is 17.9 Å². The van der Waals surface area contributed by atoms with Crippen LogP contribution in [0.5, 0.6) is 0 Å². The first-order valence-electron chi connectivity index (χ1n) is 6.23. The molecule has 1 aromatic carbocycles. The summed E-state index contributed by atoms with van der Waals surface area (Å²) < 4.78 is 0. The quantitative estimate of drug-likeness (QED) is 0.813. The maximum Gasteiger partial charge on any atom is 0.239 e. The molecule has 0 bridgehead atoms. The molecule has 1 heterocycles. The van der Waals surface area contributed by atoms with Gasteiger partial charge in [-0.15, -0.1) is 0 Å². The van der Waals surface area contributed by atoms with Crippen LogP contribution < -0.4 is 16.0 Å². The fraction of sp³-hybridized carbons (Fsp3) is 0.286. The van der Waals surface area contributed by atoms with Gasteiger partial charge in [-0.1, -0.05) is 6.07 Å². The summed E-state index contributed by atoms with van der Waals surface area (Å²) in [6.07, 6.45) is 3.49. The number of nitrogens with one attached hydrogen (secondary N) is 1. The number of rotatable bonds is 4. The number of amides is 1. The average Bonchev–Trinajstić information content (AvgIpc) is 2.39. The number of fused-ring (bicyclic) bond motifs is 1. The van der Waals surface area contributed by atoms with E-state index in [1.54, 1.807) is 12.4 Å². The van der Waals surface area contributed by atoms with E-state index < -0.39 is 0 Å². The fourth-order valence-electron chi connectivity index (χ4n) is 2.07. The van der Waals surface area contributed by atoms with Crippen molar-refractivity contribution in [2.45, 2.75) is 6.92 Å². The topological polar surface area (TPSA) is 71.2 Å². The molecule has 0 atom stereocenters. The minimum atomic E-state index is -0.0146. The number of nitrogens with zero attached hydrogens (tertiary/aromatic N) is 2. The lowest BCUT2D eigenvalue weighted by Crippen LogP contribution is -2.35. The molecule has 100 valence electrons. The number of nitrogens with two attached hydrogens (primary N) is 1. The molecule has 0 saturated heterocycles. The maximum absolute atomic E-state index is 11.6. The number of carbonyl (C=O) groups excluding carboxylic acids is 1. The smallest absolute Gasteiger partial charge is 0.239 e. The summed E-state index contributed by atoms with van der Waals surface area (Å²) in [5.74, 6) is -0.0146. The number of pyridine rings is 1. The third-order valence-corrected chi connectivity index (χ3v) is 3.00. The Morgan fingerprint density at radius 1 is 1.42 bits per heavy atom. The van der Waals surface area contributed by atoms with E-state index in [9.17, 15) is 4.79 Å². The summed E-state index contributed by atoms with van der Waals surface area (Å²) in [4.78, 5) is 17.5. The Morgan fingerprint density at radius 2 is 2.21 bits per heavy atom. The normalized spacial score (nSPS) is 10.4. The van der Waals surface area contributed by atoms with Gasteiger partial charge in [-0.25, -0.2) is 0 Å². The molecule has 0 aliphatic rings. The number of benzene rings is 1. The van der Waals surface area contributed by atoms with Crippen molar-refractivity contribution >= 4 is 28.1 Å². The molecule has 0 spiro atoms. The molecule has 5 nitrogen and oxygen atoms in total. The first-order valence-corrected chi connectivity index (χ1v) is 6.23. The Morgan fingerprint density at radius 3 is 2.95 bits per heavy atom. The van der Waals surface area contributed by atoms with Gasteiger partial charge >= 0.3 is 0 Å². The van der Waals surface area contributed by atoms with E-state index in [-0.39, 0.29) is 12.5 Å². The van der Waals surface area contributed by atoms with Crippen molar-refractivity contribution in [1.29, 1.82) is 0 Å². The van der Waals surface area contributed by atoms with Gasteiger partial charge in [-0.3, -0.25) is 9.78 Å². The molecule has 0 aliphatic heterocycles. The van der Waals surface area contributed by atoms with Crippen molar-refractivity contribution in [3.05, 3.63) is 30.6 Å². The van der Waals surface area contributed by atoms with Crippen LogP contribution in [0.15, 0.2) is 30.6 Å². The summed E-state index contributed by atoms with van der Waals surface area (Å²) in [5.41, 5.74) is 7.69.